The van der Waals surface area contributed by atoms with E-state index in [0.717, 1.165) is 12.6 Å². The van der Waals surface area contributed by atoms with Crippen LogP contribution in [0.2, 0.25) is 0 Å². The molecule has 0 aromatic heterocycles. The van der Waals surface area contributed by atoms with Crippen molar-refractivity contribution in [2.75, 3.05) is 32.8 Å². The zero-order chi connectivity index (χ0) is 13.1. The Hall–Kier alpha value is -0.120. The molecule has 0 bridgehead atoms. The van der Waals surface area contributed by atoms with E-state index in [4.69, 9.17) is 4.74 Å². The van der Waals surface area contributed by atoms with Crippen LogP contribution in [-0.2, 0) is 4.74 Å². The van der Waals surface area contributed by atoms with Gasteiger partial charge in [0.15, 0.2) is 0 Å². The van der Waals surface area contributed by atoms with Crippen LogP contribution in [0.4, 0.5) is 0 Å². The van der Waals surface area contributed by atoms with Gasteiger partial charge in [-0.3, -0.25) is 0 Å². The van der Waals surface area contributed by atoms with Crippen molar-refractivity contribution in [3.8, 4) is 0 Å². The zero-order valence-corrected chi connectivity index (χ0v) is 12.5. The summed E-state index contributed by atoms with van der Waals surface area (Å²) in [5, 5.41) is 3.83. The fraction of sp³-hybridized carbons (Fsp3) is 1.00. The molecule has 2 atom stereocenters. The Morgan fingerprint density at radius 1 is 1.16 bits per heavy atom. The first-order valence-electron chi connectivity index (χ1n) is 8.42. The average Bonchev–Trinajstić information content (AvgIpc) is 2.36. The number of ether oxygens (including phenoxy) is 1. The van der Waals surface area contributed by atoms with E-state index in [0.29, 0.717) is 11.5 Å². The van der Waals surface area contributed by atoms with Crippen molar-refractivity contribution < 1.29 is 4.74 Å². The van der Waals surface area contributed by atoms with Crippen molar-refractivity contribution in [2.24, 2.45) is 5.41 Å². The first kappa shape index (κ1) is 13.8. The van der Waals surface area contributed by atoms with Gasteiger partial charge in [-0.25, -0.2) is 0 Å². The second-order valence-electron chi connectivity index (χ2n) is 6.68. The second-order valence-corrected chi connectivity index (χ2v) is 6.68. The molecule has 0 aromatic carbocycles. The number of nitrogens with one attached hydrogen (secondary N) is 1. The minimum Gasteiger partial charge on any atom is -0.378 e. The number of likely N-dealkylation sites (tertiary alicyclic amines) is 1. The number of hydrogen-bond acceptors (Lipinski definition) is 3. The van der Waals surface area contributed by atoms with Gasteiger partial charge in [-0.1, -0.05) is 12.8 Å². The first-order valence-corrected chi connectivity index (χ1v) is 8.42. The van der Waals surface area contributed by atoms with E-state index in [-0.39, 0.29) is 0 Å². The highest BCUT2D eigenvalue weighted by Gasteiger charge is 2.58. The van der Waals surface area contributed by atoms with E-state index in [1.165, 1.54) is 71.1 Å². The van der Waals surface area contributed by atoms with Crippen LogP contribution < -0.4 is 5.32 Å². The number of hydrogen-bond donors (Lipinski definition) is 1. The molecule has 1 heterocycles. The highest BCUT2D eigenvalue weighted by molar-refractivity contribution is 5.12. The summed E-state index contributed by atoms with van der Waals surface area (Å²) >= 11 is 0. The van der Waals surface area contributed by atoms with Gasteiger partial charge < -0.3 is 15.0 Å². The number of piperidine rings is 1. The predicted octanol–water partition coefficient (Wildman–Crippen LogP) is 2.41. The van der Waals surface area contributed by atoms with Gasteiger partial charge in [-0.15, -0.1) is 0 Å². The molecule has 3 nitrogen and oxygen atoms in total. The topological polar surface area (TPSA) is 24.5 Å². The maximum atomic E-state index is 5.91. The summed E-state index contributed by atoms with van der Waals surface area (Å²) in [5.74, 6) is 0. The van der Waals surface area contributed by atoms with Crippen LogP contribution in [0.1, 0.15) is 51.9 Å². The summed E-state index contributed by atoms with van der Waals surface area (Å²) in [6, 6.07) is 0.739. The van der Waals surface area contributed by atoms with E-state index >= 15 is 0 Å². The summed E-state index contributed by atoms with van der Waals surface area (Å²) in [6.45, 7) is 8.06. The van der Waals surface area contributed by atoms with Crippen LogP contribution in [0.3, 0.4) is 0 Å². The van der Waals surface area contributed by atoms with Gasteiger partial charge in [-0.05, 0) is 52.1 Å². The van der Waals surface area contributed by atoms with Crippen LogP contribution in [0.25, 0.3) is 0 Å². The molecule has 3 fully saturated rings. The Morgan fingerprint density at radius 2 is 1.95 bits per heavy atom. The van der Waals surface area contributed by atoms with Gasteiger partial charge in [0.05, 0.1) is 6.10 Å². The van der Waals surface area contributed by atoms with E-state index in [1.54, 1.807) is 0 Å². The lowest BCUT2D eigenvalue weighted by molar-refractivity contribution is -0.172. The van der Waals surface area contributed by atoms with Crippen LogP contribution in [0.15, 0.2) is 0 Å². The molecule has 0 radical (unpaired) electrons. The van der Waals surface area contributed by atoms with Crippen LogP contribution in [-0.4, -0.2) is 49.8 Å². The summed E-state index contributed by atoms with van der Waals surface area (Å²) in [4.78, 5) is 2.63. The summed E-state index contributed by atoms with van der Waals surface area (Å²) < 4.78 is 5.91. The van der Waals surface area contributed by atoms with Crippen molar-refractivity contribution in [2.45, 2.75) is 64.0 Å². The average molecular weight is 266 g/mol. The minimum absolute atomic E-state index is 0.526. The SMILES string of the molecule is CCOC1CC(NCCN2CCCCC2)C12CCC2. The second kappa shape index (κ2) is 6.11. The van der Waals surface area contributed by atoms with E-state index in [1.807, 2.05) is 0 Å². The largest absolute Gasteiger partial charge is 0.378 e. The van der Waals surface area contributed by atoms with Crippen molar-refractivity contribution >= 4 is 0 Å². The summed E-state index contributed by atoms with van der Waals surface area (Å²) in [5.41, 5.74) is 0.526. The van der Waals surface area contributed by atoms with E-state index < -0.39 is 0 Å². The number of nitrogens with zero attached hydrogens (tertiary/aromatic N) is 1. The monoisotopic (exact) mass is 266 g/mol. The number of rotatable bonds is 6. The third-order valence-corrected chi connectivity index (χ3v) is 5.70. The Labute approximate surface area is 118 Å². The molecule has 3 heteroatoms. The normalized spacial score (nSPS) is 33.9. The molecule has 1 saturated heterocycles. The summed E-state index contributed by atoms with van der Waals surface area (Å²) in [6.07, 6.45) is 10.2. The third kappa shape index (κ3) is 2.70. The third-order valence-electron chi connectivity index (χ3n) is 5.70. The predicted molar refractivity (Wildman–Crippen MR) is 78.4 cm³/mol. The van der Waals surface area contributed by atoms with Gasteiger partial charge in [0.1, 0.15) is 0 Å². The Balaban J connectivity index is 1.39. The maximum absolute atomic E-state index is 5.91. The first-order chi connectivity index (χ1) is 9.35. The highest BCUT2D eigenvalue weighted by atomic mass is 16.5. The lowest BCUT2D eigenvalue weighted by Gasteiger charge is -2.61. The van der Waals surface area contributed by atoms with Crippen molar-refractivity contribution in [1.29, 1.82) is 0 Å². The van der Waals surface area contributed by atoms with Crippen LogP contribution in [0.5, 0.6) is 0 Å². The lowest BCUT2D eigenvalue weighted by Crippen LogP contribution is -2.67. The van der Waals surface area contributed by atoms with Gasteiger partial charge in [0.2, 0.25) is 0 Å². The molecule has 2 saturated carbocycles. The van der Waals surface area contributed by atoms with Gasteiger partial charge in [0.25, 0.3) is 0 Å². The zero-order valence-electron chi connectivity index (χ0n) is 12.5. The summed E-state index contributed by atoms with van der Waals surface area (Å²) in [7, 11) is 0. The fourth-order valence-corrected chi connectivity index (χ4v) is 4.30. The Morgan fingerprint density at radius 3 is 2.58 bits per heavy atom. The molecule has 19 heavy (non-hydrogen) atoms. The Kier molecular flexibility index (Phi) is 4.45. The van der Waals surface area contributed by atoms with Crippen LogP contribution >= 0.6 is 0 Å². The van der Waals surface area contributed by atoms with Crippen molar-refractivity contribution in [3.05, 3.63) is 0 Å². The maximum Gasteiger partial charge on any atom is 0.0661 e. The van der Waals surface area contributed by atoms with Gasteiger partial charge in [-0.2, -0.15) is 0 Å². The van der Waals surface area contributed by atoms with E-state index in [9.17, 15) is 0 Å². The van der Waals surface area contributed by atoms with E-state index in [2.05, 4.69) is 17.1 Å². The van der Waals surface area contributed by atoms with Gasteiger partial charge >= 0.3 is 0 Å². The molecule has 1 N–H and O–H groups in total. The highest BCUT2D eigenvalue weighted by Crippen LogP contribution is 2.57. The van der Waals surface area contributed by atoms with Crippen LogP contribution in [0, 0.1) is 5.41 Å². The minimum atomic E-state index is 0.526. The molecule has 1 spiro atoms. The molecule has 3 rings (SSSR count). The molecule has 2 unspecified atom stereocenters. The lowest BCUT2D eigenvalue weighted by atomic mass is 9.51. The molecule has 3 aliphatic rings. The molecule has 2 aliphatic carbocycles. The molecule has 0 amide bonds. The molecular weight excluding hydrogens is 236 g/mol. The van der Waals surface area contributed by atoms with Gasteiger partial charge in [0, 0.05) is 31.2 Å². The molecule has 110 valence electrons. The molecular formula is C16H30N2O. The van der Waals surface area contributed by atoms with Crippen molar-refractivity contribution in [3.63, 3.8) is 0 Å². The molecule has 1 aliphatic heterocycles. The Bertz CT molecular complexity index is 284. The van der Waals surface area contributed by atoms with Crippen molar-refractivity contribution in [1.82, 2.24) is 10.2 Å². The quantitative estimate of drug-likeness (QED) is 0.799. The standard InChI is InChI=1S/C16H30N2O/c1-2-19-15-13-14(16(15)7-6-8-16)17-9-12-18-10-4-3-5-11-18/h14-15,17H,2-13H2,1H3. The smallest absolute Gasteiger partial charge is 0.0661 e. The molecule has 0 aromatic rings. The fourth-order valence-electron chi connectivity index (χ4n) is 4.30.